The zero-order chi connectivity index (χ0) is 9.72. The van der Waals surface area contributed by atoms with Crippen molar-refractivity contribution >= 4 is 12.4 Å². The summed E-state index contributed by atoms with van der Waals surface area (Å²) in [5, 5.41) is 8.78. The lowest BCUT2D eigenvalue weighted by Gasteiger charge is -2.25. The van der Waals surface area contributed by atoms with Crippen molar-refractivity contribution in [3.8, 4) is 0 Å². The van der Waals surface area contributed by atoms with Crippen LogP contribution in [0.25, 0.3) is 0 Å². The number of amides is 1. The Bertz CT molecular complexity index is 170. The largest absolute Gasteiger partial charge is 0.480 e. The number of likely N-dealkylation sites (N-methyl/N-ethyl adjacent to an activating group) is 1. The van der Waals surface area contributed by atoms with E-state index in [0.717, 1.165) is 6.42 Å². The van der Waals surface area contributed by atoms with Crippen LogP contribution < -0.4 is 0 Å². The zero-order valence-corrected chi connectivity index (χ0v) is 7.65. The third-order valence-electron chi connectivity index (χ3n) is 2.04. The summed E-state index contributed by atoms with van der Waals surface area (Å²) in [6.07, 6.45) is 1.29. The summed E-state index contributed by atoms with van der Waals surface area (Å²) in [5.74, 6) is -0.961. The van der Waals surface area contributed by atoms with E-state index in [4.69, 9.17) is 5.11 Å². The quantitative estimate of drug-likeness (QED) is 0.618. The number of carboxylic acid groups (broad SMARTS) is 1. The van der Waals surface area contributed by atoms with Crippen LogP contribution in [0.5, 0.6) is 0 Å². The molecule has 0 fully saturated rings. The molecule has 0 heterocycles. The van der Waals surface area contributed by atoms with Gasteiger partial charge in [0.05, 0.1) is 0 Å². The molecule has 4 heteroatoms. The summed E-state index contributed by atoms with van der Waals surface area (Å²) >= 11 is 0. The number of nitrogens with zero attached hydrogens (tertiary/aromatic N) is 1. The molecule has 12 heavy (non-hydrogen) atoms. The van der Waals surface area contributed by atoms with Crippen LogP contribution in [0.1, 0.15) is 20.3 Å². The molecule has 0 aliphatic heterocycles. The number of hydrogen-bond donors (Lipinski definition) is 1. The van der Waals surface area contributed by atoms with Crippen LogP contribution in [-0.2, 0) is 9.59 Å². The molecular weight excluding hydrogens is 158 g/mol. The van der Waals surface area contributed by atoms with Crippen LogP contribution in [0.2, 0.25) is 0 Å². The zero-order valence-electron chi connectivity index (χ0n) is 7.65. The van der Waals surface area contributed by atoms with Crippen LogP contribution >= 0.6 is 0 Å². The molecule has 0 bridgehead atoms. The summed E-state index contributed by atoms with van der Waals surface area (Å²) in [5.41, 5.74) is 0. The normalized spacial score (nSPS) is 14.9. The molecule has 0 aromatic heterocycles. The van der Waals surface area contributed by atoms with Crippen molar-refractivity contribution in [3.63, 3.8) is 0 Å². The Morgan fingerprint density at radius 3 is 2.42 bits per heavy atom. The molecule has 2 atom stereocenters. The van der Waals surface area contributed by atoms with E-state index in [1.807, 2.05) is 13.8 Å². The Morgan fingerprint density at radius 2 is 2.17 bits per heavy atom. The monoisotopic (exact) mass is 173 g/mol. The van der Waals surface area contributed by atoms with Gasteiger partial charge < -0.3 is 10.0 Å². The van der Waals surface area contributed by atoms with Crippen LogP contribution in [0, 0.1) is 5.92 Å². The van der Waals surface area contributed by atoms with E-state index in [1.165, 1.54) is 11.9 Å². The fourth-order valence-electron chi connectivity index (χ4n) is 1.11. The van der Waals surface area contributed by atoms with Crippen molar-refractivity contribution in [2.45, 2.75) is 26.3 Å². The van der Waals surface area contributed by atoms with Gasteiger partial charge in [0.1, 0.15) is 6.04 Å². The van der Waals surface area contributed by atoms with Crippen molar-refractivity contribution in [1.29, 1.82) is 0 Å². The molecule has 1 amide bonds. The maximum absolute atomic E-state index is 10.7. The second kappa shape index (κ2) is 4.74. The van der Waals surface area contributed by atoms with E-state index in [1.54, 1.807) is 0 Å². The molecule has 0 spiro atoms. The molecule has 0 saturated carbocycles. The van der Waals surface area contributed by atoms with Crippen molar-refractivity contribution < 1.29 is 14.7 Å². The second-order valence-corrected chi connectivity index (χ2v) is 2.94. The van der Waals surface area contributed by atoms with E-state index in [2.05, 4.69) is 0 Å². The Labute approximate surface area is 72.2 Å². The van der Waals surface area contributed by atoms with Crippen molar-refractivity contribution in [3.05, 3.63) is 0 Å². The number of carbonyl (C=O) groups is 2. The summed E-state index contributed by atoms with van der Waals surface area (Å²) in [6.45, 7) is 3.72. The Morgan fingerprint density at radius 1 is 1.67 bits per heavy atom. The van der Waals surface area contributed by atoms with Gasteiger partial charge in [0.25, 0.3) is 0 Å². The number of carbonyl (C=O) groups excluding carboxylic acids is 1. The molecule has 0 saturated heterocycles. The first-order valence-electron chi connectivity index (χ1n) is 3.94. The molecule has 0 radical (unpaired) electrons. The first-order chi connectivity index (χ1) is 5.54. The van der Waals surface area contributed by atoms with Gasteiger partial charge in [0, 0.05) is 7.05 Å². The number of rotatable bonds is 5. The van der Waals surface area contributed by atoms with E-state index in [-0.39, 0.29) is 5.92 Å². The van der Waals surface area contributed by atoms with Gasteiger partial charge in [-0.15, -0.1) is 0 Å². The van der Waals surface area contributed by atoms with E-state index in [0.29, 0.717) is 6.41 Å². The topological polar surface area (TPSA) is 57.6 Å². The number of aliphatic carboxylic acids is 1. The number of carboxylic acids is 1. The lowest BCUT2D eigenvalue weighted by atomic mass is 9.98. The SMILES string of the molecule is CCC(C)C(C(=O)O)N(C)C=O. The molecule has 1 N–H and O–H groups in total. The molecule has 0 aromatic rings. The Kier molecular flexibility index (Phi) is 4.33. The van der Waals surface area contributed by atoms with Gasteiger partial charge in [0.15, 0.2) is 0 Å². The smallest absolute Gasteiger partial charge is 0.326 e. The maximum atomic E-state index is 10.7. The molecule has 70 valence electrons. The third kappa shape index (κ3) is 2.53. The predicted molar refractivity (Wildman–Crippen MR) is 44.7 cm³/mol. The van der Waals surface area contributed by atoms with Gasteiger partial charge in [-0.05, 0) is 5.92 Å². The second-order valence-electron chi connectivity index (χ2n) is 2.94. The van der Waals surface area contributed by atoms with Crippen LogP contribution in [0.4, 0.5) is 0 Å². The van der Waals surface area contributed by atoms with E-state index in [9.17, 15) is 9.59 Å². The molecule has 0 rings (SSSR count). The average Bonchev–Trinajstić information content (AvgIpc) is 2.03. The Hall–Kier alpha value is -1.06. The van der Waals surface area contributed by atoms with Gasteiger partial charge in [-0.1, -0.05) is 20.3 Å². The molecule has 0 aliphatic rings. The van der Waals surface area contributed by atoms with Crippen molar-refractivity contribution in [2.75, 3.05) is 7.05 Å². The van der Waals surface area contributed by atoms with Crippen LogP contribution in [-0.4, -0.2) is 35.5 Å². The standard InChI is InChI=1S/C8H15NO3/c1-4-6(2)7(8(11)12)9(3)5-10/h5-7H,4H2,1-3H3,(H,11,12). The highest BCUT2D eigenvalue weighted by atomic mass is 16.4. The molecular formula is C8H15NO3. The number of hydrogen-bond acceptors (Lipinski definition) is 2. The lowest BCUT2D eigenvalue weighted by Crippen LogP contribution is -2.42. The van der Waals surface area contributed by atoms with Gasteiger partial charge in [0.2, 0.25) is 6.41 Å². The van der Waals surface area contributed by atoms with Crippen LogP contribution in [0.3, 0.4) is 0 Å². The maximum Gasteiger partial charge on any atom is 0.326 e. The van der Waals surface area contributed by atoms with Crippen molar-refractivity contribution in [1.82, 2.24) is 4.90 Å². The van der Waals surface area contributed by atoms with Crippen LogP contribution in [0.15, 0.2) is 0 Å². The minimum absolute atomic E-state index is 0.0160. The van der Waals surface area contributed by atoms with E-state index < -0.39 is 12.0 Å². The Balaban J connectivity index is 4.42. The van der Waals surface area contributed by atoms with Gasteiger partial charge in [-0.25, -0.2) is 4.79 Å². The minimum atomic E-state index is -0.945. The molecule has 4 nitrogen and oxygen atoms in total. The fraction of sp³-hybridized carbons (Fsp3) is 0.750. The summed E-state index contributed by atoms with van der Waals surface area (Å²) < 4.78 is 0. The summed E-state index contributed by atoms with van der Waals surface area (Å²) in [4.78, 5) is 22.2. The van der Waals surface area contributed by atoms with Crippen molar-refractivity contribution in [2.24, 2.45) is 5.92 Å². The predicted octanol–water partition coefficient (Wildman–Crippen LogP) is 0.574. The average molecular weight is 173 g/mol. The first-order valence-corrected chi connectivity index (χ1v) is 3.94. The highest BCUT2D eigenvalue weighted by molar-refractivity contribution is 5.76. The lowest BCUT2D eigenvalue weighted by molar-refractivity contribution is -0.147. The minimum Gasteiger partial charge on any atom is -0.480 e. The molecule has 0 aliphatic carbocycles. The van der Waals surface area contributed by atoms with E-state index >= 15 is 0 Å². The molecule has 2 unspecified atom stereocenters. The third-order valence-corrected chi connectivity index (χ3v) is 2.04. The first kappa shape index (κ1) is 10.9. The fourth-order valence-corrected chi connectivity index (χ4v) is 1.11. The summed E-state index contributed by atoms with van der Waals surface area (Å²) in [6, 6.07) is -0.701. The van der Waals surface area contributed by atoms with Gasteiger partial charge >= 0.3 is 5.97 Å². The highest BCUT2D eigenvalue weighted by Gasteiger charge is 2.26. The highest BCUT2D eigenvalue weighted by Crippen LogP contribution is 2.12. The van der Waals surface area contributed by atoms with Gasteiger partial charge in [-0.2, -0.15) is 0 Å². The van der Waals surface area contributed by atoms with Gasteiger partial charge in [-0.3, -0.25) is 4.79 Å². The summed E-state index contributed by atoms with van der Waals surface area (Å²) in [7, 11) is 1.48. The molecule has 0 aromatic carbocycles.